The average molecular weight is 315 g/mol. The van der Waals surface area contributed by atoms with Crippen LogP contribution in [0.5, 0.6) is 0 Å². The molecule has 0 aromatic heterocycles. The van der Waals surface area contributed by atoms with Crippen molar-refractivity contribution in [2.45, 2.75) is 51.1 Å². The Morgan fingerprint density at radius 2 is 1.86 bits per heavy atom. The molecule has 1 fully saturated rings. The maximum Gasteiger partial charge on any atom is 0.330 e. The predicted octanol–water partition coefficient (Wildman–Crippen LogP) is 0.0832. The van der Waals surface area contributed by atoms with E-state index in [0.717, 1.165) is 0 Å². The Morgan fingerprint density at radius 1 is 1.18 bits per heavy atom. The molecule has 2 unspecified atom stereocenters. The second-order valence-corrected chi connectivity index (χ2v) is 5.32. The highest BCUT2D eigenvalue weighted by Crippen LogP contribution is 2.27. The van der Waals surface area contributed by atoms with Gasteiger partial charge in [0.2, 0.25) is 0 Å². The lowest BCUT2D eigenvalue weighted by atomic mass is 9.96. The van der Waals surface area contributed by atoms with Crippen LogP contribution in [0.15, 0.2) is 0 Å². The van der Waals surface area contributed by atoms with Gasteiger partial charge in [-0.3, -0.25) is 19.7 Å². The van der Waals surface area contributed by atoms with Gasteiger partial charge in [0, 0.05) is 5.54 Å². The van der Waals surface area contributed by atoms with Crippen molar-refractivity contribution >= 4 is 23.9 Å². The molecular weight excluding hydrogens is 294 g/mol. The fourth-order valence-corrected chi connectivity index (χ4v) is 2.28. The predicted molar refractivity (Wildman–Crippen MR) is 73.5 cm³/mol. The second-order valence-electron chi connectivity index (χ2n) is 5.32. The van der Waals surface area contributed by atoms with Gasteiger partial charge in [0.25, 0.3) is 0 Å². The lowest BCUT2D eigenvalue weighted by molar-refractivity contribution is -0.164. The van der Waals surface area contributed by atoms with E-state index < -0.39 is 35.9 Å². The zero-order chi connectivity index (χ0) is 16.8. The Hall–Kier alpha value is -1.96. The van der Waals surface area contributed by atoms with Crippen molar-refractivity contribution < 1.29 is 33.4 Å². The summed E-state index contributed by atoms with van der Waals surface area (Å²) in [5, 5.41) is 2.97. The summed E-state index contributed by atoms with van der Waals surface area (Å²) in [5.74, 6) is -2.84. The standard InChI is InChI=1S/C14H21NO7/c1-4-21-10(16)7-11(17)22-13(19)9-5-6-14(2,15-9)8-12(18)20-3/h9,15H,4-8H2,1-3H3. The van der Waals surface area contributed by atoms with E-state index in [4.69, 9.17) is 0 Å². The SMILES string of the molecule is CCOC(=O)CC(=O)OC(=O)C1CCC(C)(CC(=O)OC)N1. The zero-order valence-electron chi connectivity index (χ0n) is 13.0. The number of nitrogens with one attached hydrogen (secondary N) is 1. The summed E-state index contributed by atoms with van der Waals surface area (Å²) in [6.07, 6.45) is 0.503. The first-order valence-electron chi connectivity index (χ1n) is 7.04. The maximum absolute atomic E-state index is 11.9. The van der Waals surface area contributed by atoms with Gasteiger partial charge < -0.3 is 14.2 Å². The van der Waals surface area contributed by atoms with Crippen LogP contribution in [0.2, 0.25) is 0 Å². The zero-order valence-corrected chi connectivity index (χ0v) is 13.0. The lowest BCUT2D eigenvalue weighted by Gasteiger charge is -2.23. The van der Waals surface area contributed by atoms with Crippen LogP contribution in [0.3, 0.4) is 0 Å². The normalized spacial score (nSPS) is 23.7. The summed E-state index contributed by atoms with van der Waals surface area (Å²) in [4.78, 5) is 45.7. The smallest absolute Gasteiger partial charge is 0.330 e. The Balaban J connectivity index is 2.46. The van der Waals surface area contributed by atoms with Gasteiger partial charge in [-0.25, -0.2) is 4.79 Å². The molecule has 0 bridgehead atoms. The molecule has 0 spiro atoms. The second kappa shape index (κ2) is 7.88. The molecule has 1 aliphatic heterocycles. The monoisotopic (exact) mass is 315 g/mol. The summed E-state index contributed by atoms with van der Waals surface area (Å²) in [6, 6.07) is -0.694. The van der Waals surface area contributed by atoms with Crippen molar-refractivity contribution in [1.29, 1.82) is 0 Å². The van der Waals surface area contributed by atoms with Crippen LogP contribution in [0.4, 0.5) is 0 Å². The summed E-state index contributed by atoms with van der Waals surface area (Å²) in [6.45, 7) is 3.55. The fourth-order valence-electron chi connectivity index (χ4n) is 2.28. The Kier molecular flexibility index (Phi) is 6.48. The molecule has 0 aromatic rings. The number of hydrogen-bond donors (Lipinski definition) is 1. The van der Waals surface area contributed by atoms with Crippen LogP contribution in [0.1, 0.15) is 39.5 Å². The third kappa shape index (κ3) is 5.44. The minimum absolute atomic E-state index is 0.115. The molecule has 1 heterocycles. The number of methoxy groups -OCH3 is 1. The van der Waals surface area contributed by atoms with Gasteiger partial charge in [0.05, 0.1) is 20.1 Å². The average Bonchev–Trinajstić information content (AvgIpc) is 2.80. The quantitative estimate of drug-likeness (QED) is 0.417. The number of ether oxygens (including phenoxy) is 3. The van der Waals surface area contributed by atoms with E-state index in [2.05, 4.69) is 19.5 Å². The van der Waals surface area contributed by atoms with Crippen LogP contribution >= 0.6 is 0 Å². The van der Waals surface area contributed by atoms with Gasteiger partial charge in [0.15, 0.2) is 0 Å². The minimum atomic E-state index is -0.952. The third-order valence-electron chi connectivity index (χ3n) is 3.36. The Bertz CT molecular complexity index is 462. The van der Waals surface area contributed by atoms with E-state index in [-0.39, 0.29) is 19.0 Å². The molecule has 1 rings (SSSR count). The van der Waals surface area contributed by atoms with E-state index in [1.165, 1.54) is 7.11 Å². The van der Waals surface area contributed by atoms with Gasteiger partial charge in [-0.2, -0.15) is 0 Å². The first kappa shape index (κ1) is 18.1. The van der Waals surface area contributed by atoms with Crippen LogP contribution in [0.25, 0.3) is 0 Å². The van der Waals surface area contributed by atoms with Crippen LogP contribution < -0.4 is 5.32 Å². The van der Waals surface area contributed by atoms with Gasteiger partial charge >= 0.3 is 23.9 Å². The summed E-state index contributed by atoms with van der Waals surface area (Å²) >= 11 is 0. The maximum atomic E-state index is 11.9. The summed E-state index contributed by atoms with van der Waals surface area (Å²) in [5.41, 5.74) is -0.582. The van der Waals surface area contributed by atoms with Gasteiger partial charge in [-0.15, -0.1) is 0 Å². The Labute approximate surface area is 128 Å². The molecule has 0 aliphatic carbocycles. The highest BCUT2D eigenvalue weighted by atomic mass is 16.6. The van der Waals surface area contributed by atoms with Crippen LogP contribution in [0, 0.1) is 0 Å². The minimum Gasteiger partial charge on any atom is -0.469 e. The number of carbonyl (C=O) groups excluding carboxylic acids is 4. The molecule has 8 heteroatoms. The van der Waals surface area contributed by atoms with Crippen molar-refractivity contribution in [3.05, 3.63) is 0 Å². The van der Waals surface area contributed by atoms with Crippen molar-refractivity contribution in [2.24, 2.45) is 0 Å². The van der Waals surface area contributed by atoms with E-state index in [1.54, 1.807) is 13.8 Å². The molecule has 22 heavy (non-hydrogen) atoms. The fraction of sp³-hybridized carbons (Fsp3) is 0.714. The number of esters is 4. The van der Waals surface area contributed by atoms with Crippen molar-refractivity contribution in [2.75, 3.05) is 13.7 Å². The molecule has 8 nitrogen and oxygen atoms in total. The van der Waals surface area contributed by atoms with Crippen LogP contribution in [-0.2, 0) is 33.4 Å². The molecule has 1 saturated heterocycles. The third-order valence-corrected chi connectivity index (χ3v) is 3.36. The number of hydrogen-bond acceptors (Lipinski definition) is 8. The molecule has 0 saturated carbocycles. The molecule has 1 aliphatic rings. The van der Waals surface area contributed by atoms with E-state index >= 15 is 0 Å². The lowest BCUT2D eigenvalue weighted by Crippen LogP contribution is -2.46. The highest BCUT2D eigenvalue weighted by molar-refractivity contribution is 5.97. The molecule has 0 aromatic carbocycles. The van der Waals surface area contributed by atoms with Crippen molar-refractivity contribution in [3.63, 3.8) is 0 Å². The summed E-state index contributed by atoms with van der Waals surface area (Å²) < 4.78 is 13.8. The molecular formula is C14H21NO7. The number of carbonyl (C=O) groups is 4. The van der Waals surface area contributed by atoms with Gasteiger partial charge in [0.1, 0.15) is 12.5 Å². The molecule has 1 N–H and O–H groups in total. The van der Waals surface area contributed by atoms with Crippen molar-refractivity contribution in [3.8, 4) is 0 Å². The van der Waals surface area contributed by atoms with Gasteiger partial charge in [-0.1, -0.05) is 0 Å². The first-order chi connectivity index (χ1) is 10.3. The topological polar surface area (TPSA) is 108 Å². The largest absolute Gasteiger partial charge is 0.469 e. The van der Waals surface area contributed by atoms with Crippen molar-refractivity contribution in [1.82, 2.24) is 5.32 Å². The molecule has 124 valence electrons. The van der Waals surface area contributed by atoms with E-state index in [1.807, 2.05) is 0 Å². The molecule has 0 radical (unpaired) electrons. The number of rotatable bonds is 6. The highest BCUT2D eigenvalue weighted by Gasteiger charge is 2.40. The molecule has 0 amide bonds. The summed E-state index contributed by atoms with van der Waals surface area (Å²) in [7, 11) is 1.29. The van der Waals surface area contributed by atoms with Gasteiger partial charge in [-0.05, 0) is 26.7 Å². The van der Waals surface area contributed by atoms with Crippen LogP contribution in [-0.4, -0.2) is 49.2 Å². The van der Waals surface area contributed by atoms with E-state index in [0.29, 0.717) is 12.8 Å². The first-order valence-corrected chi connectivity index (χ1v) is 7.04. The van der Waals surface area contributed by atoms with E-state index in [9.17, 15) is 19.2 Å². The molecule has 2 atom stereocenters. The Morgan fingerprint density at radius 3 is 2.45 bits per heavy atom.